The van der Waals surface area contributed by atoms with Crippen molar-refractivity contribution in [3.05, 3.63) is 32.9 Å². The van der Waals surface area contributed by atoms with Gasteiger partial charge >= 0.3 is 11.9 Å². The highest BCUT2D eigenvalue weighted by atomic mass is 79.9. The van der Waals surface area contributed by atoms with E-state index in [9.17, 15) is 9.59 Å². The summed E-state index contributed by atoms with van der Waals surface area (Å²) in [5.41, 5.74) is 1.63. The van der Waals surface area contributed by atoms with Crippen LogP contribution in [-0.4, -0.2) is 11.9 Å². The Balaban J connectivity index is 2.16. The predicted octanol–water partition coefficient (Wildman–Crippen LogP) is 3.91. The zero-order valence-electron chi connectivity index (χ0n) is 9.61. The van der Waals surface area contributed by atoms with Crippen molar-refractivity contribution in [1.29, 1.82) is 0 Å². The molecule has 0 atom stereocenters. The molecule has 0 spiro atoms. The van der Waals surface area contributed by atoms with Crippen LogP contribution in [0, 0.1) is 0 Å². The molecule has 1 aromatic carbocycles. The SMILES string of the molecule is O=C1CC(c2c(Br)cc(Br)c3occc23)CC(=O)O1. The van der Waals surface area contributed by atoms with Gasteiger partial charge in [0.05, 0.1) is 23.6 Å². The molecule has 0 unspecified atom stereocenters. The summed E-state index contributed by atoms with van der Waals surface area (Å²) in [4.78, 5) is 22.8. The first-order chi connectivity index (χ1) is 9.06. The lowest BCUT2D eigenvalue weighted by molar-refractivity contribution is -0.163. The lowest BCUT2D eigenvalue weighted by atomic mass is 9.89. The minimum absolute atomic E-state index is 0.184. The van der Waals surface area contributed by atoms with Gasteiger partial charge in [-0.3, -0.25) is 9.59 Å². The van der Waals surface area contributed by atoms with Crippen molar-refractivity contribution in [2.24, 2.45) is 0 Å². The third kappa shape index (κ3) is 2.23. The van der Waals surface area contributed by atoms with E-state index in [0.717, 1.165) is 19.9 Å². The van der Waals surface area contributed by atoms with Crippen molar-refractivity contribution in [2.45, 2.75) is 18.8 Å². The highest BCUT2D eigenvalue weighted by Crippen LogP contribution is 2.41. The fourth-order valence-corrected chi connectivity index (χ4v) is 4.00. The second kappa shape index (κ2) is 4.76. The standard InChI is InChI=1S/C13H8Br2O4/c14-8-5-9(15)13-7(1-2-18-13)12(8)6-3-10(16)19-11(17)4-6/h1-2,5-6H,3-4H2. The van der Waals surface area contributed by atoms with Crippen molar-refractivity contribution in [2.75, 3.05) is 0 Å². The van der Waals surface area contributed by atoms with Crippen molar-refractivity contribution < 1.29 is 18.7 Å². The largest absolute Gasteiger partial charge is 0.463 e. The Labute approximate surface area is 125 Å². The topological polar surface area (TPSA) is 56.5 Å². The zero-order chi connectivity index (χ0) is 13.6. The first-order valence-electron chi connectivity index (χ1n) is 5.65. The van der Waals surface area contributed by atoms with Gasteiger partial charge in [-0.15, -0.1) is 0 Å². The molecule has 6 heteroatoms. The van der Waals surface area contributed by atoms with Gasteiger partial charge < -0.3 is 9.15 Å². The summed E-state index contributed by atoms with van der Waals surface area (Å²) in [5.74, 6) is -1.14. The van der Waals surface area contributed by atoms with E-state index in [2.05, 4.69) is 36.6 Å². The van der Waals surface area contributed by atoms with Crippen LogP contribution in [0.5, 0.6) is 0 Å². The molecule has 3 rings (SSSR count). The van der Waals surface area contributed by atoms with E-state index in [0.29, 0.717) is 5.58 Å². The van der Waals surface area contributed by atoms with E-state index in [4.69, 9.17) is 4.42 Å². The van der Waals surface area contributed by atoms with Crippen LogP contribution in [0.1, 0.15) is 24.3 Å². The van der Waals surface area contributed by atoms with Gasteiger partial charge in [0.1, 0.15) is 5.58 Å². The molecule has 1 aromatic heterocycles. The minimum atomic E-state index is -0.479. The Hall–Kier alpha value is -1.14. The molecule has 0 N–H and O–H groups in total. The van der Waals surface area contributed by atoms with Gasteiger partial charge in [0.2, 0.25) is 0 Å². The third-order valence-electron chi connectivity index (χ3n) is 3.15. The highest BCUT2D eigenvalue weighted by Gasteiger charge is 2.31. The van der Waals surface area contributed by atoms with Crippen LogP contribution in [0.4, 0.5) is 0 Å². The summed E-state index contributed by atoms with van der Waals surface area (Å²) in [5, 5.41) is 0.897. The molecule has 0 amide bonds. The molecule has 0 saturated carbocycles. The number of halogens is 2. The maximum atomic E-state index is 11.4. The summed E-state index contributed by atoms with van der Waals surface area (Å²) in [6.45, 7) is 0. The van der Waals surface area contributed by atoms with E-state index in [1.165, 1.54) is 0 Å². The van der Waals surface area contributed by atoms with Gasteiger partial charge in [0.25, 0.3) is 0 Å². The lowest BCUT2D eigenvalue weighted by Gasteiger charge is -2.22. The molecular formula is C13H8Br2O4. The second-order valence-corrected chi connectivity index (χ2v) is 6.08. The van der Waals surface area contributed by atoms with Crippen LogP contribution in [0.15, 0.2) is 31.8 Å². The molecule has 19 heavy (non-hydrogen) atoms. The van der Waals surface area contributed by atoms with Crippen LogP contribution < -0.4 is 0 Å². The van der Waals surface area contributed by atoms with Crippen LogP contribution in [0.3, 0.4) is 0 Å². The van der Waals surface area contributed by atoms with E-state index in [-0.39, 0.29) is 18.8 Å². The predicted molar refractivity (Wildman–Crippen MR) is 74.7 cm³/mol. The van der Waals surface area contributed by atoms with E-state index in [1.807, 2.05) is 12.1 Å². The van der Waals surface area contributed by atoms with Crippen LogP contribution in [0.25, 0.3) is 11.0 Å². The number of hydrogen-bond donors (Lipinski definition) is 0. The van der Waals surface area contributed by atoms with Gasteiger partial charge in [0, 0.05) is 15.8 Å². The summed E-state index contributed by atoms with van der Waals surface area (Å²) in [7, 11) is 0. The van der Waals surface area contributed by atoms with E-state index >= 15 is 0 Å². The molecule has 2 aromatic rings. The number of carbonyl (C=O) groups excluding carboxylic acids is 2. The first-order valence-corrected chi connectivity index (χ1v) is 7.23. The summed E-state index contributed by atoms with van der Waals surface area (Å²) < 4.78 is 11.7. The molecule has 1 aliphatic rings. The number of hydrogen-bond acceptors (Lipinski definition) is 4. The fraction of sp³-hybridized carbons (Fsp3) is 0.231. The first kappa shape index (κ1) is 12.9. The number of fused-ring (bicyclic) bond motifs is 1. The molecule has 0 radical (unpaired) electrons. The molecular weight excluding hydrogens is 380 g/mol. The monoisotopic (exact) mass is 386 g/mol. The number of rotatable bonds is 1. The van der Waals surface area contributed by atoms with E-state index < -0.39 is 11.9 Å². The van der Waals surface area contributed by atoms with Gasteiger partial charge in [-0.25, -0.2) is 0 Å². The fourth-order valence-electron chi connectivity index (χ4n) is 2.39. The average Bonchev–Trinajstić information content (AvgIpc) is 2.76. The summed E-state index contributed by atoms with van der Waals surface area (Å²) >= 11 is 6.92. The van der Waals surface area contributed by atoms with Crippen molar-refractivity contribution in [1.82, 2.24) is 0 Å². The van der Waals surface area contributed by atoms with Gasteiger partial charge in [-0.1, -0.05) is 15.9 Å². The highest BCUT2D eigenvalue weighted by molar-refractivity contribution is 9.11. The van der Waals surface area contributed by atoms with Crippen molar-refractivity contribution >= 4 is 54.8 Å². The van der Waals surface area contributed by atoms with Gasteiger partial charge in [-0.05, 0) is 33.6 Å². The van der Waals surface area contributed by atoms with Gasteiger partial charge in [0.15, 0.2) is 0 Å². The maximum Gasteiger partial charge on any atom is 0.314 e. The van der Waals surface area contributed by atoms with Crippen LogP contribution in [-0.2, 0) is 14.3 Å². The zero-order valence-corrected chi connectivity index (χ0v) is 12.8. The summed E-state index contributed by atoms with van der Waals surface area (Å²) in [6.07, 6.45) is 1.99. The molecule has 0 aliphatic carbocycles. The average molecular weight is 388 g/mol. The maximum absolute atomic E-state index is 11.4. The second-order valence-electron chi connectivity index (χ2n) is 4.37. The van der Waals surface area contributed by atoms with Crippen molar-refractivity contribution in [3.8, 4) is 0 Å². The normalized spacial score (nSPS) is 16.9. The molecule has 0 bridgehead atoms. The Morgan fingerprint density at radius 1 is 1.11 bits per heavy atom. The molecule has 4 nitrogen and oxygen atoms in total. The van der Waals surface area contributed by atoms with E-state index in [1.54, 1.807) is 6.26 Å². The third-order valence-corrected chi connectivity index (χ3v) is 4.39. The minimum Gasteiger partial charge on any atom is -0.463 e. The number of esters is 2. The number of cyclic esters (lactones) is 2. The molecule has 1 saturated heterocycles. The Morgan fingerprint density at radius 2 is 1.79 bits per heavy atom. The van der Waals surface area contributed by atoms with Crippen LogP contribution >= 0.6 is 31.9 Å². The Bertz CT molecular complexity index is 673. The number of benzene rings is 1. The number of furan rings is 1. The quantitative estimate of drug-likeness (QED) is 0.550. The van der Waals surface area contributed by atoms with Crippen LogP contribution in [0.2, 0.25) is 0 Å². The van der Waals surface area contributed by atoms with Gasteiger partial charge in [-0.2, -0.15) is 0 Å². The van der Waals surface area contributed by atoms with Crippen molar-refractivity contribution in [3.63, 3.8) is 0 Å². The lowest BCUT2D eigenvalue weighted by Crippen LogP contribution is -2.24. The number of ether oxygens (including phenoxy) is 1. The Kier molecular flexibility index (Phi) is 3.22. The molecule has 98 valence electrons. The Morgan fingerprint density at radius 3 is 2.47 bits per heavy atom. The number of carbonyl (C=O) groups is 2. The molecule has 1 aliphatic heterocycles. The summed E-state index contributed by atoms with van der Waals surface area (Å²) in [6, 6.07) is 3.70. The molecule has 2 heterocycles. The molecule has 1 fully saturated rings. The smallest absolute Gasteiger partial charge is 0.314 e.